The lowest BCUT2D eigenvalue weighted by molar-refractivity contribution is -0.126. The van der Waals surface area contributed by atoms with Crippen LogP contribution in [0.5, 0.6) is 0 Å². The van der Waals surface area contributed by atoms with Crippen molar-refractivity contribution in [1.29, 1.82) is 0 Å². The van der Waals surface area contributed by atoms with E-state index in [2.05, 4.69) is 32.0 Å². The van der Waals surface area contributed by atoms with Gasteiger partial charge in [0.1, 0.15) is 11.4 Å². The van der Waals surface area contributed by atoms with Crippen LogP contribution in [0, 0.1) is 5.92 Å². The molecule has 2 N–H and O–H groups in total. The van der Waals surface area contributed by atoms with E-state index in [0.29, 0.717) is 24.7 Å². The highest BCUT2D eigenvalue weighted by molar-refractivity contribution is 6.05. The topological polar surface area (TPSA) is 82.1 Å². The van der Waals surface area contributed by atoms with Gasteiger partial charge in [-0.3, -0.25) is 14.7 Å². The smallest absolute Gasteiger partial charge is 0.137 e. The number of β-amino-alcohol motifs (C(OH)–C–C–N with tert-alkyl or cyclic N) is 1. The van der Waals surface area contributed by atoms with Crippen LogP contribution in [0.15, 0.2) is 30.7 Å². The van der Waals surface area contributed by atoms with Crippen molar-refractivity contribution < 1.29 is 9.90 Å². The summed E-state index contributed by atoms with van der Waals surface area (Å²) < 4.78 is 0. The molecule has 2 fully saturated rings. The largest absolute Gasteiger partial charge is 0.389 e. The van der Waals surface area contributed by atoms with Crippen molar-refractivity contribution in [2.24, 2.45) is 5.92 Å². The lowest BCUT2D eigenvalue weighted by Crippen LogP contribution is -2.46. The van der Waals surface area contributed by atoms with Crippen molar-refractivity contribution in [3.05, 3.63) is 36.3 Å². The second-order valence-electron chi connectivity index (χ2n) is 9.38. The summed E-state index contributed by atoms with van der Waals surface area (Å²) in [7, 11) is 0. The van der Waals surface area contributed by atoms with Gasteiger partial charge < -0.3 is 10.1 Å². The maximum atomic E-state index is 13.0. The van der Waals surface area contributed by atoms with Crippen molar-refractivity contribution in [3.63, 3.8) is 0 Å². The molecule has 6 nitrogen and oxygen atoms in total. The predicted molar refractivity (Wildman–Crippen MR) is 117 cm³/mol. The number of hydrogen-bond donors (Lipinski definition) is 2. The van der Waals surface area contributed by atoms with Crippen LogP contribution in [0.4, 0.5) is 0 Å². The highest BCUT2D eigenvalue weighted by Crippen LogP contribution is 2.43. The summed E-state index contributed by atoms with van der Waals surface area (Å²) in [6.45, 7) is 5.43. The second-order valence-corrected chi connectivity index (χ2v) is 9.38. The minimum atomic E-state index is -0.634. The summed E-state index contributed by atoms with van der Waals surface area (Å²) in [5, 5.41) is 12.7. The number of carbonyl (C=O) groups is 1. The average Bonchev–Trinajstić information content (AvgIpc) is 3.38. The number of hydrogen-bond acceptors (Lipinski definition) is 5. The van der Waals surface area contributed by atoms with Gasteiger partial charge in [0.25, 0.3) is 0 Å². The summed E-state index contributed by atoms with van der Waals surface area (Å²) in [4.78, 5) is 27.6. The van der Waals surface area contributed by atoms with Gasteiger partial charge >= 0.3 is 0 Å². The molecule has 4 atom stereocenters. The van der Waals surface area contributed by atoms with Crippen molar-refractivity contribution in [2.45, 2.75) is 63.5 Å². The molecule has 1 aliphatic heterocycles. The minimum Gasteiger partial charge on any atom is -0.389 e. The predicted octanol–water partition coefficient (Wildman–Crippen LogP) is 3.80. The Morgan fingerprint density at radius 3 is 2.97 bits per heavy atom. The molecule has 6 heteroatoms. The summed E-state index contributed by atoms with van der Waals surface area (Å²) in [6, 6.07) is 4.45. The summed E-state index contributed by atoms with van der Waals surface area (Å²) >= 11 is 0. The maximum Gasteiger partial charge on any atom is 0.137 e. The van der Waals surface area contributed by atoms with Gasteiger partial charge in [0.05, 0.1) is 17.3 Å². The fourth-order valence-electron chi connectivity index (χ4n) is 5.77. The first-order valence-corrected chi connectivity index (χ1v) is 11.2. The van der Waals surface area contributed by atoms with Gasteiger partial charge in [-0.05, 0) is 56.2 Å². The lowest BCUT2D eigenvalue weighted by atomic mass is 9.72. The Balaban J connectivity index is 1.50. The molecule has 2 aliphatic rings. The number of likely N-dealkylation sites (tertiary alicyclic amines) is 1. The SMILES string of the molecule is CCC(=O)C1CC(c2ccnc3cnc4[nH]ccc4c23)CCC1N1CCC(C)(O)C1. The van der Waals surface area contributed by atoms with E-state index in [0.717, 1.165) is 48.8 Å². The molecule has 1 saturated carbocycles. The van der Waals surface area contributed by atoms with Gasteiger partial charge in [-0.15, -0.1) is 0 Å². The lowest BCUT2D eigenvalue weighted by Gasteiger charge is -2.41. The number of aliphatic hydroxyl groups is 1. The van der Waals surface area contributed by atoms with Gasteiger partial charge in [0.2, 0.25) is 0 Å². The van der Waals surface area contributed by atoms with Crippen molar-refractivity contribution >= 4 is 27.7 Å². The monoisotopic (exact) mass is 406 g/mol. The fourth-order valence-corrected chi connectivity index (χ4v) is 5.77. The zero-order valence-corrected chi connectivity index (χ0v) is 17.8. The van der Waals surface area contributed by atoms with Crippen molar-refractivity contribution in [1.82, 2.24) is 19.9 Å². The van der Waals surface area contributed by atoms with Gasteiger partial charge in [0, 0.05) is 54.6 Å². The number of aromatic nitrogens is 3. The van der Waals surface area contributed by atoms with E-state index in [4.69, 9.17) is 0 Å². The average molecular weight is 407 g/mol. The molecule has 3 aromatic rings. The fraction of sp³-hybridized carbons (Fsp3) is 0.542. The molecule has 1 saturated heterocycles. The number of ketones is 1. The summed E-state index contributed by atoms with van der Waals surface area (Å²) in [6.07, 6.45) is 9.89. The third-order valence-electron chi connectivity index (χ3n) is 7.29. The Bertz CT molecular complexity index is 1090. The van der Waals surface area contributed by atoms with Crippen LogP contribution in [-0.2, 0) is 4.79 Å². The molecule has 0 amide bonds. The Morgan fingerprint density at radius 2 is 2.20 bits per heavy atom. The molecule has 4 unspecified atom stereocenters. The third kappa shape index (κ3) is 3.32. The number of nitrogens with zero attached hydrogens (tertiary/aromatic N) is 3. The van der Waals surface area contributed by atoms with E-state index in [1.807, 2.05) is 32.4 Å². The number of H-pyrrole nitrogens is 1. The first-order chi connectivity index (χ1) is 14.5. The zero-order valence-electron chi connectivity index (χ0n) is 17.8. The Hall–Kier alpha value is -2.31. The summed E-state index contributed by atoms with van der Waals surface area (Å²) in [5.41, 5.74) is 2.44. The third-order valence-corrected chi connectivity index (χ3v) is 7.29. The molecule has 3 aromatic heterocycles. The van der Waals surface area contributed by atoms with Gasteiger partial charge in [-0.25, -0.2) is 4.98 Å². The van der Waals surface area contributed by atoms with Crippen LogP contribution in [0.1, 0.15) is 57.4 Å². The molecule has 0 radical (unpaired) electrons. The van der Waals surface area contributed by atoms with Crippen molar-refractivity contribution in [3.8, 4) is 0 Å². The number of fused-ring (bicyclic) bond motifs is 3. The maximum absolute atomic E-state index is 13.0. The highest BCUT2D eigenvalue weighted by Gasteiger charge is 2.43. The quantitative estimate of drug-likeness (QED) is 0.689. The Labute approximate surface area is 176 Å². The molecular formula is C24H30N4O2. The number of nitrogens with one attached hydrogen (secondary N) is 1. The molecule has 30 heavy (non-hydrogen) atoms. The van der Waals surface area contributed by atoms with Crippen molar-refractivity contribution in [2.75, 3.05) is 13.1 Å². The molecule has 1 aliphatic carbocycles. The first-order valence-electron chi connectivity index (χ1n) is 11.2. The number of carbonyl (C=O) groups excluding carboxylic acids is 1. The Kier molecular flexibility index (Phi) is 4.86. The van der Waals surface area contributed by atoms with E-state index in [9.17, 15) is 9.90 Å². The van der Waals surface area contributed by atoms with Crippen LogP contribution in [0.3, 0.4) is 0 Å². The first kappa shape index (κ1) is 19.6. The molecule has 0 aromatic carbocycles. The van der Waals surface area contributed by atoms with E-state index in [1.165, 1.54) is 10.9 Å². The van der Waals surface area contributed by atoms with Gasteiger partial charge in [0.15, 0.2) is 0 Å². The van der Waals surface area contributed by atoms with Crippen LogP contribution in [-0.4, -0.2) is 55.5 Å². The number of Topliss-reactive ketones (excluding diaryl/α,β-unsaturated/α-hetero) is 1. The molecule has 0 bridgehead atoms. The number of rotatable bonds is 4. The molecule has 5 rings (SSSR count). The van der Waals surface area contributed by atoms with E-state index in [1.54, 1.807) is 0 Å². The number of aromatic amines is 1. The van der Waals surface area contributed by atoms with Crippen LogP contribution >= 0.6 is 0 Å². The second kappa shape index (κ2) is 7.43. The van der Waals surface area contributed by atoms with E-state index < -0.39 is 5.60 Å². The highest BCUT2D eigenvalue weighted by atomic mass is 16.3. The standard InChI is InChI=1S/C24H30N4O2/c1-3-21(29)18-12-15(4-5-20(18)28-11-8-24(2,30)14-28)16-6-9-25-19-13-27-23-17(22(16)19)7-10-26-23/h6-7,9-10,13,15,18,20,30H,3-5,8,11-12,14H2,1-2H3,(H,26,27). The van der Waals surface area contributed by atoms with E-state index >= 15 is 0 Å². The van der Waals surface area contributed by atoms with Gasteiger partial charge in [-0.2, -0.15) is 0 Å². The van der Waals surface area contributed by atoms with Crippen LogP contribution in [0.25, 0.3) is 21.9 Å². The molecule has 0 spiro atoms. The number of pyridine rings is 2. The Morgan fingerprint density at radius 1 is 1.33 bits per heavy atom. The van der Waals surface area contributed by atoms with Crippen LogP contribution in [0.2, 0.25) is 0 Å². The molecule has 158 valence electrons. The molecule has 4 heterocycles. The normalized spacial score (nSPS) is 30.3. The van der Waals surface area contributed by atoms with Crippen LogP contribution < -0.4 is 0 Å². The summed E-state index contributed by atoms with van der Waals surface area (Å²) in [5.74, 6) is 0.702. The minimum absolute atomic E-state index is 0.0226. The molecular weight excluding hydrogens is 376 g/mol. The van der Waals surface area contributed by atoms with E-state index in [-0.39, 0.29) is 12.0 Å². The van der Waals surface area contributed by atoms with Gasteiger partial charge in [-0.1, -0.05) is 6.92 Å². The zero-order chi connectivity index (χ0) is 20.9.